The van der Waals surface area contributed by atoms with Crippen molar-refractivity contribution in [1.82, 2.24) is 0 Å². The molecular weight excluding hydrogens is 252 g/mol. The molecule has 0 saturated heterocycles. The van der Waals surface area contributed by atoms with Crippen molar-refractivity contribution in [2.24, 2.45) is 11.8 Å². The van der Waals surface area contributed by atoms with Crippen LogP contribution in [0.5, 0.6) is 0 Å². The van der Waals surface area contributed by atoms with Crippen molar-refractivity contribution in [2.75, 3.05) is 14.2 Å². The van der Waals surface area contributed by atoms with Crippen LogP contribution < -0.4 is 0 Å². The maximum absolute atomic E-state index is 6.21. The molecule has 0 aromatic carbocycles. The van der Waals surface area contributed by atoms with Gasteiger partial charge in [-0.15, -0.1) is 0 Å². The van der Waals surface area contributed by atoms with E-state index in [1.165, 1.54) is 32.1 Å². The Bertz CT molecular complexity index is 274. The molecule has 19 heavy (non-hydrogen) atoms. The molecule has 0 amide bonds. The minimum absolute atomic E-state index is 0.160. The molecule has 1 aliphatic rings. The Kier molecular flexibility index (Phi) is 6.09. The third-order valence-electron chi connectivity index (χ3n) is 6.02. The molecule has 3 unspecified atom stereocenters. The number of rotatable bonds is 7. The second-order valence-electron chi connectivity index (χ2n) is 6.81. The summed E-state index contributed by atoms with van der Waals surface area (Å²) in [6.45, 7) is 11.7. The van der Waals surface area contributed by atoms with E-state index in [2.05, 4.69) is 34.6 Å². The van der Waals surface area contributed by atoms with Gasteiger partial charge < -0.3 is 8.85 Å². The summed E-state index contributed by atoms with van der Waals surface area (Å²) in [4.78, 5) is 0. The monoisotopic (exact) mass is 286 g/mol. The van der Waals surface area contributed by atoms with E-state index in [1.54, 1.807) is 0 Å². The van der Waals surface area contributed by atoms with E-state index >= 15 is 0 Å². The van der Waals surface area contributed by atoms with Crippen molar-refractivity contribution in [1.29, 1.82) is 0 Å². The Morgan fingerprint density at radius 1 is 1.16 bits per heavy atom. The van der Waals surface area contributed by atoms with Gasteiger partial charge in [-0.2, -0.15) is 0 Å². The smallest absolute Gasteiger partial charge is 0.347 e. The van der Waals surface area contributed by atoms with Crippen LogP contribution >= 0.6 is 0 Å². The van der Waals surface area contributed by atoms with E-state index in [4.69, 9.17) is 8.85 Å². The molecule has 0 aromatic rings. The van der Waals surface area contributed by atoms with Gasteiger partial charge in [-0.1, -0.05) is 60.3 Å². The molecule has 0 aliphatic heterocycles. The maximum atomic E-state index is 6.21. The fraction of sp³-hybridized carbons (Fsp3) is 1.00. The second-order valence-corrected chi connectivity index (χ2v) is 11.0. The van der Waals surface area contributed by atoms with Crippen LogP contribution in [0.2, 0.25) is 10.6 Å². The van der Waals surface area contributed by atoms with Gasteiger partial charge in [-0.05, 0) is 18.3 Å². The van der Waals surface area contributed by atoms with Gasteiger partial charge in [0.15, 0.2) is 0 Å². The first-order chi connectivity index (χ1) is 8.91. The molecule has 0 heterocycles. The average molecular weight is 287 g/mol. The minimum Gasteiger partial charge on any atom is -0.397 e. The molecule has 3 heteroatoms. The Morgan fingerprint density at radius 2 is 1.74 bits per heavy atom. The van der Waals surface area contributed by atoms with Crippen LogP contribution in [0.15, 0.2) is 0 Å². The molecule has 1 fully saturated rings. The predicted octanol–water partition coefficient (Wildman–Crippen LogP) is 5.13. The normalized spacial score (nSPS) is 26.7. The lowest BCUT2D eigenvalue weighted by Gasteiger charge is -2.49. The second kappa shape index (κ2) is 6.73. The Morgan fingerprint density at radius 3 is 2.16 bits per heavy atom. The summed E-state index contributed by atoms with van der Waals surface area (Å²) in [6.07, 6.45) is 6.47. The molecule has 2 nitrogen and oxygen atoms in total. The van der Waals surface area contributed by atoms with Crippen molar-refractivity contribution in [3.63, 3.8) is 0 Å². The largest absolute Gasteiger partial charge is 0.397 e. The zero-order valence-electron chi connectivity index (χ0n) is 14.1. The molecule has 0 spiro atoms. The topological polar surface area (TPSA) is 18.5 Å². The van der Waals surface area contributed by atoms with Gasteiger partial charge in [0.2, 0.25) is 0 Å². The molecule has 1 rings (SSSR count). The van der Waals surface area contributed by atoms with Crippen LogP contribution in [0.1, 0.15) is 66.7 Å². The predicted molar refractivity (Wildman–Crippen MR) is 84.7 cm³/mol. The highest BCUT2D eigenvalue weighted by molar-refractivity contribution is 6.72. The maximum Gasteiger partial charge on any atom is 0.347 e. The van der Waals surface area contributed by atoms with Gasteiger partial charge in [0.1, 0.15) is 0 Å². The summed E-state index contributed by atoms with van der Waals surface area (Å²) in [5, 5.41) is 0.160. The third kappa shape index (κ3) is 2.79. The van der Waals surface area contributed by atoms with Gasteiger partial charge in [-0.3, -0.25) is 0 Å². The average Bonchev–Trinajstić information content (AvgIpc) is 2.88. The lowest BCUT2D eigenvalue weighted by Crippen LogP contribution is -2.56. The highest BCUT2D eigenvalue weighted by atomic mass is 28.4. The minimum atomic E-state index is -2.21. The van der Waals surface area contributed by atoms with Gasteiger partial charge >= 0.3 is 8.56 Å². The van der Waals surface area contributed by atoms with Crippen LogP contribution in [0, 0.1) is 11.8 Å². The third-order valence-corrected chi connectivity index (χ3v) is 11.3. The fourth-order valence-corrected chi connectivity index (χ4v) is 9.55. The summed E-state index contributed by atoms with van der Waals surface area (Å²) in [6, 6.07) is 0. The van der Waals surface area contributed by atoms with Crippen molar-refractivity contribution >= 4 is 8.56 Å². The first-order valence-corrected chi connectivity index (χ1v) is 9.90. The molecule has 0 radical (unpaired) electrons. The lowest BCUT2D eigenvalue weighted by molar-refractivity contribution is 0.166. The van der Waals surface area contributed by atoms with Crippen LogP contribution in [0.25, 0.3) is 0 Å². The zero-order valence-corrected chi connectivity index (χ0v) is 15.1. The van der Waals surface area contributed by atoms with Gasteiger partial charge in [0.05, 0.1) is 0 Å². The van der Waals surface area contributed by atoms with Crippen LogP contribution in [0.3, 0.4) is 0 Å². The van der Waals surface area contributed by atoms with Crippen molar-refractivity contribution < 1.29 is 8.85 Å². The first-order valence-electron chi connectivity index (χ1n) is 8.01. The summed E-state index contributed by atoms with van der Waals surface area (Å²) in [5.41, 5.74) is 0.663. The highest BCUT2D eigenvalue weighted by Gasteiger charge is 2.60. The van der Waals surface area contributed by atoms with Gasteiger partial charge in [0.25, 0.3) is 0 Å². The van der Waals surface area contributed by atoms with Crippen LogP contribution in [-0.4, -0.2) is 22.8 Å². The van der Waals surface area contributed by atoms with E-state index in [-0.39, 0.29) is 5.04 Å². The fourth-order valence-electron chi connectivity index (χ4n) is 4.27. The molecule has 3 atom stereocenters. The van der Waals surface area contributed by atoms with Crippen LogP contribution in [-0.2, 0) is 8.85 Å². The molecular formula is C16H34O2Si. The van der Waals surface area contributed by atoms with Gasteiger partial charge in [-0.25, -0.2) is 0 Å². The summed E-state index contributed by atoms with van der Waals surface area (Å²) in [7, 11) is 1.58. The molecule has 0 N–H and O–H groups in total. The van der Waals surface area contributed by atoms with E-state index in [9.17, 15) is 0 Å². The standard InChI is InChI=1S/C16H34O2Si/c1-8-13(3)16(4,5)19(17-6,18-7)15-12-10-11-14(15)9-2/h13-15H,8-12H2,1-7H3. The van der Waals surface area contributed by atoms with E-state index in [1.807, 2.05) is 14.2 Å². The molecule has 1 aliphatic carbocycles. The summed E-state index contributed by atoms with van der Waals surface area (Å²) >= 11 is 0. The lowest BCUT2D eigenvalue weighted by atomic mass is 9.94. The number of hydrogen-bond acceptors (Lipinski definition) is 2. The SMILES string of the molecule is CCC1CCCC1[Si](OC)(OC)C(C)(C)C(C)CC. The number of hydrogen-bond donors (Lipinski definition) is 0. The van der Waals surface area contributed by atoms with Crippen molar-refractivity contribution in [3.05, 3.63) is 0 Å². The summed E-state index contributed by atoms with van der Waals surface area (Å²) < 4.78 is 12.4. The summed E-state index contributed by atoms with van der Waals surface area (Å²) in [5.74, 6) is 1.44. The Labute approximate surface area is 121 Å². The van der Waals surface area contributed by atoms with E-state index in [0.717, 1.165) is 5.92 Å². The Balaban J connectivity index is 3.15. The molecule has 114 valence electrons. The quantitative estimate of drug-likeness (QED) is 0.604. The van der Waals surface area contributed by atoms with Gasteiger partial charge in [0, 0.05) is 24.8 Å². The zero-order chi connectivity index (χ0) is 14.7. The van der Waals surface area contributed by atoms with Crippen molar-refractivity contribution in [2.45, 2.75) is 77.3 Å². The van der Waals surface area contributed by atoms with E-state index in [0.29, 0.717) is 11.5 Å². The highest BCUT2D eigenvalue weighted by Crippen LogP contribution is 2.57. The molecule has 0 bridgehead atoms. The van der Waals surface area contributed by atoms with Crippen LogP contribution in [0.4, 0.5) is 0 Å². The first kappa shape index (κ1) is 17.2. The molecule has 1 saturated carbocycles. The Hall–Kier alpha value is 0.137. The van der Waals surface area contributed by atoms with E-state index < -0.39 is 8.56 Å². The molecule has 0 aromatic heterocycles. The van der Waals surface area contributed by atoms with Crippen molar-refractivity contribution in [3.8, 4) is 0 Å².